The molecule has 0 fully saturated rings. The Labute approximate surface area is 107 Å². The van der Waals surface area contributed by atoms with Crippen LogP contribution in [-0.2, 0) is 14.4 Å². The summed E-state index contributed by atoms with van der Waals surface area (Å²) in [7, 11) is 0. The molecule has 2 unspecified atom stereocenters. The zero-order valence-corrected chi connectivity index (χ0v) is 10.9. The van der Waals surface area contributed by atoms with E-state index in [1.54, 1.807) is 20.8 Å². The van der Waals surface area contributed by atoms with Crippen LogP contribution < -0.4 is 5.90 Å². The molecule has 4 heteroatoms. The minimum Gasteiger partial charge on any atom is -0.373 e. The second-order valence-electron chi connectivity index (χ2n) is 5.01. The molecule has 4 nitrogen and oxygen atoms in total. The summed E-state index contributed by atoms with van der Waals surface area (Å²) in [4.78, 5) is 27.3. The summed E-state index contributed by atoms with van der Waals surface area (Å²) in [6.45, 7) is 5.26. The van der Waals surface area contributed by atoms with E-state index >= 15 is 0 Å². The Morgan fingerprint density at radius 2 is 1.89 bits per heavy atom. The van der Waals surface area contributed by atoms with Crippen LogP contribution in [0.15, 0.2) is 30.3 Å². The molecular formula is C14H19NO3. The number of carbonyl (C=O) groups excluding carboxylic acids is 2. The van der Waals surface area contributed by atoms with E-state index in [2.05, 4.69) is 4.84 Å². The van der Waals surface area contributed by atoms with Gasteiger partial charge in [0.05, 0.1) is 5.41 Å². The highest BCUT2D eigenvalue weighted by atomic mass is 16.7. The second-order valence-corrected chi connectivity index (χ2v) is 5.01. The van der Waals surface area contributed by atoms with Gasteiger partial charge in [-0.2, -0.15) is 5.90 Å². The van der Waals surface area contributed by atoms with Crippen LogP contribution in [0.2, 0.25) is 0 Å². The first kappa shape index (κ1) is 14.4. The zero-order chi connectivity index (χ0) is 13.8. The largest absolute Gasteiger partial charge is 0.373 e. The first-order valence-corrected chi connectivity index (χ1v) is 5.86. The molecular weight excluding hydrogens is 230 g/mol. The van der Waals surface area contributed by atoms with Gasteiger partial charge in [-0.1, -0.05) is 37.3 Å². The minimum atomic E-state index is -0.865. The molecule has 1 aromatic rings. The van der Waals surface area contributed by atoms with Crippen molar-refractivity contribution in [3.63, 3.8) is 0 Å². The molecule has 0 heterocycles. The summed E-state index contributed by atoms with van der Waals surface area (Å²) in [6.07, 6.45) is 0.850. The summed E-state index contributed by atoms with van der Waals surface area (Å²) in [5.74, 6) is 3.88. The molecule has 2 N–H and O–H groups in total. The van der Waals surface area contributed by atoms with Crippen LogP contribution in [0.4, 0.5) is 0 Å². The van der Waals surface area contributed by atoms with Crippen LogP contribution in [0.1, 0.15) is 32.3 Å². The average molecular weight is 249 g/mol. The maximum absolute atomic E-state index is 11.8. The number of nitrogens with two attached hydrogens (primary N) is 1. The second kappa shape index (κ2) is 5.78. The van der Waals surface area contributed by atoms with Gasteiger partial charge in [0.2, 0.25) is 0 Å². The van der Waals surface area contributed by atoms with Gasteiger partial charge in [0.25, 0.3) is 0 Å². The fourth-order valence-electron chi connectivity index (χ4n) is 2.40. The smallest absolute Gasteiger partial charge is 0.330 e. The SMILES string of the molecule is CC(C=O)C(c1ccccc1)C(C)(C)C(=O)ON. The lowest BCUT2D eigenvalue weighted by Crippen LogP contribution is -2.38. The van der Waals surface area contributed by atoms with Gasteiger partial charge in [0, 0.05) is 11.8 Å². The topological polar surface area (TPSA) is 69.4 Å². The third-order valence-electron chi connectivity index (χ3n) is 3.31. The normalized spacial score (nSPS) is 14.7. The number of rotatable bonds is 5. The Kier molecular flexibility index (Phi) is 4.62. The van der Waals surface area contributed by atoms with E-state index in [0.29, 0.717) is 0 Å². The first-order chi connectivity index (χ1) is 8.45. The molecule has 1 rings (SSSR count). The lowest BCUT2D eigenvalue weighted by molar-refractivity contribution is -0.156. The molecule has 98 valence electrons. The van der Waals surface area contributed by atoms with Crippen molar-refractivity contribution in [3.05, 3.63) is 35.9 Å². The Balaban J connectivity index is 3.22. The lowest BCUT2D eigenvalue weighted by atomic mass is 9.69. The molecule has 0 saturated heterocycles. The Morgan fingerprint density at radius 1 is 1.33 bits per heavy atom. The molecule has 0 radical (unpaired) electrons. The van der Waals surface area contributed by atoms with Gasteiger partial charge in [0.1, 0.15) is 6.29 Å². The first-order valence-electron chi connectivity index (χ1n) is 5.86. The van der Waals surface area contributed by atoms with Crippen molar-refractivity contribution in [1.82, 2.24) is 0 Å². The summed E-state index contributed by atoms with van der Waals surface area (Å²) < 4.78 is 0. The molecule has 0 bridgehead atoms. The van der Waals surface area contributed by atoms with E-state index in [9.17, 15) is 9.59 Å². The number of benzene rings is 1. The predicted octanol–water partition coefficient (Wildman–Crippen LogP) is 2.05. The van der Waals surface area contributed by atoms with E-state index < -0.39 is 11.4 Å². The lowest BCUT2D eigenvalue weighted by Gasteiger charge is -2.34. The minimum absolute atomic E-state index is 0.271. The molecule has 2 atom stereocenters. The van der Waals surface area contributed by atoms with Gasteiger partial charge in [-0.15, -0.1) is 0 Å². The van der Waals surface area contributed by atoms with Gasteiger partial charge in [-0.3, -0.25) is 0 Å². The van der Waals surface area contributed by atoms with Crippen molar-refractivity contribution in [3.8, 4) is 0 Å². The average Bonchev–Trinajstić information content (AvgIpc) is 2.38. The molecule has 0 spiro atoms. The van der Waals surface area contributed by atoms with Gasteiger partial charge in [-0.25, -0.2) is 4.79 Å². The maximum atomic E-state index is 11.8. The number of aldehydes is 1. The van der Waals surface area contributed by atoms with Crippen LogP contribution in [0.3, 0.4) is 0 Å². The van der Waals surface area contributed by atoms with E-state index in [-0.39, 0.29) is 11.8 Å². The monoisotopic (exact) mass is 249 g/mol. The van der Waals surface area contributed by atoms with E-state index in [1.165, 1.54) is 0 Å². The Hall–Kier alpha value is -1.68. The molecule has 0 amide bonds. The molecule has 0 aliphatic rings. The number of hydrogen-bond acceptors (Lipinski definition) is 4. The molecule has 0 saturated carbocycles. The molecule has 18 heavy (non-hydrogen) atoms. The van der Waals surface area contributed by atoms with Crippen LogP contribution in [-0.4, -0.2) is 12.3 Å². The quantitative estimate of drug-likeness (QED) is 0.640. The Bertz CT molecular complexity index is 414. The summed E-state index contributed by atoms with van der Waals surface area (Å²) in [6, 6.07) is 9.44. The van der Waals surface area contributed by atoms with Crippen molar-refractivity contribution in [1.29, 1.82) is 0 Å². The van der Waals surface area contributed by atoms with Crippen LogP contribution >= 0.6 is 0 Å². The third-order valence-corrected chi connectivity index (χ3v) is 3.31. The fraction of sp³-hybridized carbons (Fsp3) is 0.429. The predicted molar refractivity (Wildman–Crippen MR) is 68.5 cm³/mol. The highest BCUT2D eigenvalue weighted by Gasteiger charge is 2.42. The zero-order valence-electron chi connectivity index (χ0n) is 10.9. The number of carbonyl (C=O) groups is 2. The van der Waals surface area contributed by atoms with Gasteiger partial charge < -0.3 is 9.63 Å². The van der Waals surface area contributed by atoms with Crippen LogP contribution in [0.25, 0.3) is 0 Å². The molecule has 1 aromatic carbocycles. The van der Waals surface area contributed by atoms with Crippen molar-refractivity contribution in [2.45, 2.75) is 26.7 Å². The summed E-state index contributed by atoms with van der Waals surface area (Å²) in [5, 5.41) is 0. The van der Waals surface area contributed by atoms with Crippen LogP contribution in [0, 0.1) is 11.3 Å². The van der Waals surface area contributed by atoms with Crippen LogP contribution in [0.5, 0.6) is 0 Å². The standard InChI is InChI=1S/C14H19NO3/c1-10(9-16)12(11-7-5-4-6-8-11)14(2,3)13(17)18-15/h4-10,12H,15H2,1-3H3. The highest BCUT2D eigenvalue weighted by molar-refractivity contribution is 5.78. The van der Waals surface area contributed by atoms with Gasteiger partial charge in [0.15, 0.2) is 0 Å². The Morgan fingerprint density at radius 3 is 2.33 bits per heavy atom. The van der Waals surface area contributed by atoms with E-state index in [0.717, 1.165) is 11.8 Å². The number of hydrogen-bond donors (Lipinski definition) is 1. The molecule has 0 aliphatic heterocycles. The van der Waals surface area contributed by atoms with Crippen molar-refractivity contribution >= 4 is 12.3 Å². The summed E-state index contributed by atoms with van der Waals surface area (Å²) in [5.41, 5.74) is 0.0590. The van der Waals surface area contributed by atoms with E-state index in [1.807, 2.05) is 30.3 Å². The molecule has 0 aliphatic carbocycles. The van der Waals surface area contributed by atoms with Crippen molar-refractivity contribution < 1.29 is 14.4 Å². The summed E-state index contributed by atoms with van der Waals surface area (Å²) >= 11 is 0. The maximum Gasteiger partial charge on any atom is 0.330 e. The van der Waals surface area contributed by atoms with Crippen molar-refractivity contribution in [2.75, 3.05) is 0 Å². The fourth-order valence-corrected chi connectivity index (χ4v) is 2.40. The molecule has 0 aromatic heterocycles. The van der Waals surface area contributed by atoms with E-state index in [4.69, 9.17) is 5.90 Å². The highest BCUT2D eigenvalue weighted by Crippen LogP contribution is 2.41. The van der Waals surface area contributed by atoms with Gasteiger partial charge in [-0.05, 0) is 19.4 Å². The van der Waals surface area contributed by atoms with Gasteiger partial charge >= 0.3 is 5.97 Å². The third kappa shape index (κ3) is 2.76. The van der Waals surface area contributed by atoms with Crippen molar-refractivity contribution in [2.24, 2.45) is 17.2 Å².